The van der Waals surface area contributed by atoms with Gasteiger partial charge in [-0.1, -0.05) is 26.0 Å². The average Bonchev–Trinajstić information content (AvgIpc) is 3.08. The largest absolute Gasteiger partial charge is 0.493 e. The Labute approximate surface area is 164 Å². The van der Waals surface area contributed by atoms with Gasteiger partial charge in [0.05, 0.1) is 24.2 Å². The molecule has 3 aromatic rings. The summed E-state index contributed by atoms with van der Waals surface area (Å²) in [5, 5.41) is 3.07. The molecule has 1 atom stereocenters. The maximum Gasteiger partial charge on any atom is 0.212 e. The van der Waals surface area contributed by atoms with Gasteiger partial charge in [0.2, 0.25) is 5.95 Å². The maximum absolute atomic E-state index is 6.07. The zero-order valence-corrected chi connectivity index (χ0v) is 16.2. The highest BCUT2D eigenvalue weighted by Gasteiger charge is 2.27. The van der Waals surface area contributed by atoms with Gasteiger partial charge in [-0.3, -0.25) is 9.88 Å². The quantitative estimate of drug-likeness (QED) is 0.650. The zero-order chi connectivity index (χ0) is 19.5. The number of hydrogen-bond donors (Lipinski definition) is 2. The van der Waals surface area contributed by atoms with Crippen LogP contribution in [0.1, 0.15) is 38.4 Å². The van der Waals surface area contributed by atoms with Crippen molar-refractivity contribution in [1.82, 2.24) is 9.55 Å². The molecule has 0 saturated carbocycles. The Morgan fingerprint density at radius 3 is 2.68 bits per heavy atom. The van der Waals surface area contributed by atoms with E-state index in [0.717, 1.165) is 40.9 Å². The SMILES string of the molecule is CCCOc1ccc([C@H]2N=C(N)Nc3nc4ccccc4n32)c(OCCC)c1. The lowest BCUT2D eigenvalue weighted by atomic mass is 10.1. The molecule has 2 aromatic carbocycles. The molecule has 1 aliphatic rings. The third kappa shape index (κ3) is 3.35. The molecule has 0 radical (unpaired) electrons. The summed E-state index contributed by atoms with van der Waals surface area (Å²) in [5.41, 5.74) is 8.86. The van der Waals surface area contributed by atoms with Gasteiger partial charge >= 0.3 is 0 Å². The number of benzene rings is 2. The molecule has 1 aromatic heterocycles. The Kier molecular flexibility index (Phi) is 5.06. The standard InChI is InChI=1S/C21H25N5O2/c1-3-11-27-14-9-10-15(18(13-14)28-12-4-2)19-24-20(22)25-21-23-16-7-5-6-8-17(16)26(19)21/h5-10,13,19H,3-4,11-12H2,1-2H3,(H3,22,23,24,25)/t19-/m0/s1. The van der Waals surface area contributed by atoms with Crippen molar-refractivity contribution in [1.29, 1.82) is 0 Å². The van der Waals surface area contributed by atoms with Crippen molar-refractivity contribution in [3.05, 3.63) is 48.0 Å². The smallest absolute Gasteiger partial charge is 0.212 e. The molecule has 4 rings (SSSR count). The van der Waals surface area contributed by atoms with Crippen LogP contribution in [0.25, 0.3) is 11.0 Å². The third-order valence-corrected chi connectivity index (χ3v) is 4.54. The average molecular weight is 379 g/mol. The minimum atomic E-state index is -0.365. The molecule has 0 aliphatic carbocycles. The van der Waals surface area contributed by atoms with Gasteiger partial charge < -0.3 is 15.2 Å². The van der Waals surface area contributed by atoms with E-state index in [0.29, 0.717) is 25.1 Å². The maximum atomic E-state index is 6.07. The summed E-state index contributed by atoms with van der Waals surface area (Å²) < 4.78 is 13.9. The minimum Gasteiger partial charge on any atom is -0.493 e. The molecular weight excluding hydrogens is 354 g/mol. The lowest BCUT2D eigenvalue weighted by Gasteiger charge is -2.25. The molecule has 7 heteroatoms. The Morgan fingerprint density at radius 2 is 1.86 bits per heavy atom. The van der Waals surface area contributed by atoms with Crippen molar-refractivity contribution >= 4 is 22.9 Å². The Hall–Kier alpha value is -3.22. The summed E-state index contributed by atoms with van der Waals surface area (Å²) in [4.78, 5) is 9.32. The number of imidazole rings is 1. The second kappa shape index (κ2) is 7.80. The van der Waals surface area contributed by atoms with E-state index in [1.54, 1.807) is 0 Å². The number of guanidine groups is 1. The van der Waals surface area contributed by atoms with Crippen molar-refractivity contribution in [2.24, 2.45) is 10.7 Å². The molecule has 146 valence electrons. The van der Waals surface area contributed by atoms with E-state index in [-0.39, 0.29) is 6.17 Å². The minimum absolute atomic E-state index is 0.334. The fourth-order valence-corrected chi connectivity index (χ4v) is 3.30. The normalized spacial score (nSPS) is 15.6. The number of rotatable bonds is 7. The van der Waals surface area contributed by atoms with Crippen molar-refractivity contribution in [2.75, 3.05) is 18.5 Å². The molecule has 0 fully saturated rings. The number of fused-ring (bicyclic) bond motifs is 3. The number of aliphatic imine (C=N–C) groups is 1. The number of nitrogens with zero attached hydrogens (tertiary/aromatic N) is 3. The van der Waals surface area contributed by atoms with Crippen LogP contribution >= 0.6 is 0 Å². The second-order valence-electron chi connectivity index (χ2n) is 6.70. The summed E-state index contributed by atoms with van der Waals surface area (Å²) in [6.45, 7) is 5.45. The first kappa shape index (κ1) is 18.2. The first-order chi connectivity index (χ1) is 13.7. The van der Waals surface area contributed by atoms with Gasteiger partial charge in [0, 0.05) is 11.6 Å². The lowest BCUT2D eigenvalue weighted by molar-refractivity contribution is 0.297. The van der Waals surface area contributed by atoms with Crippen LogP contribution in [0.5, 0.6) is 11.5 Å². The number of anilines is 1. The summed E-state index contributed by atoms with van der Waals surface area (Å²) in [6.07, 6.45) is 1.50. The predicted molar refractivity (Wildman–Crippen MR) is 111 cm³/mol. The van der Waals surface area contributed by atoms with E-state index >= 15 is 0 Å². The molecule has 7 nitrogen and oxygen atoms in total. The molecule has 1 aliphatic heterocycles. The summed E-state index contributed by atoms with van der Waals surface area (Å²) in [7, 11) is 0. The molecule has 0 saturated heterocycles. The molecule has 0 bridgehead atoms. The Balaban J connectivity index is 1.82. The molecule has 0 unspecified atom stereocenters. The first-order valence-corrected chi connectivity index (χ1v) is 9.68. The fourth-order valence-electron chi connectivity index (χ4n) is 3.30. The van der Waals surface area contributed by atoms with E-state index in [9.17, 15) is 0 Å². The van der Waals surface area contributed by atoms with Crippen LogP contribution in [0.15, 0.2) is 47.5 Å². The van der Waals surface area contributed by atoms with Gasteiger partial charge in [-0.2, -0.15) is 0 Å². The Bertz CT molecular complexity index is 1010. The highest BCUT2D eigenvalue weighted by Crippen LogP contribution is 2.38. The Morgan fingerprint density at radius 1 is 1.07 bits per heavy atom. The van der Waals surface area contributed by atoms with Crippen LogP contribution < -0.4 is 20.5 Å². The highest BCUT2D eigenvalue weighted by molar-refractivity contribution is 5.94. The van der Waals surface area contributed by atoms with Crippen LogP contribution in [0.4, 0.5) is 5.95 Å². The van der Waals surface area contributed by atoms with Crippen LogP contribution in [-0.4, -0.2) is 28.7 Å². The fraction of sp³-hybridized carbons (Fsp3) is 0.333. The van der Waals surface area contributed by atoms with Crippen LogP contribution in [0.2, 0.25) is 0 Å². The molecular formula is C21H25N5O2. The van der Waals surface area contributed by atoms with Crippen molar-refractivity contribution in [3.63, 3.8) is 0 Å². The second-order valence-corrected chi connectivity index (χ2v) is 6.70. The molecule has 3 N–H and O–H groups in total. The van der Waals surface area contributed by atoms with Gasteiger partial charge in [-0.25, -0.2) is 9.98 Å². The number of nitrogens with one attached hydrogen (secondary N) is 1. The highest BCUT2D eigenvalue weighted by atomic mass is 16.5. The lowest BCUT2D eigenvalue weighted by Crippen LogP contribution is -2.31. The monoisotopic (exact) mass is 379 g/mol. The van der Waals surface area contributed by atoms with E-state index in [2.05, 4.69) is 29.1 Å². The van der Waals surface area contributed by atoms with Crippen LogP contribution in [0.3, 0.4) is 0 Å². The first-order valence-electron chi connectivity index (χ1n) is 9.68. The molecule has 2 heterocycles. The van der Waals surface area contributed by atoms with E-state index in [1.807, 2.05) is 47.0 Å². The van der Waals surface area contributed by atoms with E-state index < -0.39 is 0 Å². The van der Waals surface area contributed by atoms with Gasteiger partial charge in [0.25, 0.3) is 0 Å². The molecule has 0 amide bonds. The molecule has 28 heavy (non-hydrogen) atoms. The van der Waals surface area contributed by atoms with E-state index in [1.165, 1.54) is 0 Å². The summed E-state index contributed by atoms with van der Waals surface area (Å²) in [6, 6.07) is 13.9. The molecule has 0 spiro atoms. The number of ether oxygens (including phenoxy) is 2. The van der Waals surface area contributed by atoms with Crippen molar-refractivity contribution in [3.8, 4) is 11.5 Å². The zero-order valence-electron chi connectivity index (χ0n) is 16.2. The summed E-state index contributed by atoms with van der Waals surface area (Å²) in [5.74, 6) is 2.55. The predicted octanol–water partition coefficient (Wildman–Crippen LogP) is 3.90. The van der Waals surface area contributed by atoms with Gasteiger partial charge in [0.15, 0.2) is 12.1 Å². The van der Waals surface area contributed by atoms with Crippen molar-refractivity contribution in [2.45, 2.75) is 32.9 Å². The van der Waals surface area contributed by atoms with Gasteiger partial charge in [-0.05, 0) is 37.1 Å². The summed E-state index contributed by atoms with van der Waals surface area (Å²) >= 11 is 0. The number of hydrogen-bond acceptors (Lipinski definition) is 6. The topological polar surface area (TPSA) is 86.7 Å². The van der Waals surface area contributed by atoms with Crippen molar-refractivity contribution < 1.29 is 9.47 Å². The number of aromatic nitrogens is 2. The third-order valence-electron chi connectivity index (χ3n) is 4.54. The number of para-hydroxylation sites is 2. The van der Waals surface area contributed by atoms with Gasteiger partial charge in [0.1, 0.15) is 11.5 Å². The van der Waals surface area contributed by atoms with Crippen LogP contribution in [-0.2, 0) is 0 Å². The van der Waals surface area contributed by atoms with Crippen LogP contribution in [0, 0.1) is 0 Å². The number of nitrogens with two attached hydrogens (primary N) is 1. The van der Waals surface area contributed by atoms with E-state index in [4.69, 9.17) is 15.2 Å². The van der Waals surface area contributed by atoms with Gasteiger partial charge in [-0.15, -0.1) is 0 Å².